The first-order valence-corrected chi connectivity index (χ1v) is 8.26. The molecule has 2 atom stereocenters. The molecule has 130 valence electrons. The maximum absolute atomic E-state index is 12.6. The summed E-state index contributed by atoms with van der Waals surface area (Å²) < 4.78 is 0. The molecule has 6 nitrogen and oxygen atoms in total. The average molecular weight is 381 g/mol. The van der Waals surface area contributed by atoms with Gasteiger partial charge in [-0.25, -0.2) is 4.98 Å². The van der Waals surface area contributed by atoms with Gasteiger partial charge in [-0.1, -0.05) is 6.92 Å². The molecule has 23 heavy (non-hydrogen) atoms. The zero-order valence-electron chi connectivity index (χ0n) is 12.9. The predicted octanol–water partition coefficient (Wildman–Crippen LogP) is 1.77. The van der Waals surface area contributed by atoms with Crippen LogP contribution in [0.15, 0.2) is 11.6 Å². The van der Waals surface area contributed by atoms with Crippen molar-refractivity contribution < 1.29 is 9.59 Å². The summed E-state index contributed by atoms with van der Waals surface area (Å²) in [6, 6.07) is -0.350. The van der Waals surface area contributed by atoms with Crippen LogP contribution in [-0.4, -0.2) is 47.4 Å². The van der Waals surface area contributed by atoms with Gasteiger partial charge in [-0.15, -0.1) is 36.2 Å². The Morgan fingerprint density at radius 1 is 1.43 bits per heavy atom. The molecule has 2 saturated heterocycles. The van der Waals surface area contributed by atoms with Gasteiger partial charge in [-0.2, -0.15) is 0 Å². The molecule has 0 aliphatic carbocycles. The smallest absolute Gasteiger partial charge is 0.248 e. The van der Waals surface area contributed by atoms with Crippen molar-refractivity contribution in [2.24, 2.45) is 11.8 Å². The van der Waals surface area contributed by atoms with Crippen LogP contribution in [0.1, 0.15) is 19.8 Å². The van der Waals surface area contributed by atoms with Crippen LogP contribution < -0.4 is 10.6 Å². The van der Waals surface area contributed by atoms with Gasteiger partial charge in [-0.05, 0) is 31.8 Å². The molecule has 2 fully saturated rings. The van der Waals surface area contributed by atoms with E-state index in [1.807, 2.05) is 12.3 Å². The van der Waals surface area contributed by atoms with E-state index in [-0.39, 0.29) is 48.6 Å². The molecular weight excluding hydrogens is 359 g/mol. The molecule has 1 aromatic heterocycles. The molecule has 2 unspecified atom stereocenters. The van der Waals surface area contributed by atoms with Gasteiger partial charge in [0.25, 0.3) is 0 Å². The van der Waals surface area contributed by atoms with Crippen molar-refractivity contribution in [2.75, 3.05) is 25.0 Å². The van der Waals surface area contributed by atoms with E-state index in [0.717, 1.165) is 25.9 Å². The number of hydrogen-bond acceptors (Lipinski definition) is 5. The number of anilines is 1. The minimum atomic E-state index is -0.350. The summed E-state index contributed by atoms with van der Waals surface area (Å²) in [5.41, 5.74) is 0. The van der Waals surface area contributed by atoms with Gasteiger partial charge in [0.15, 0.2) is 5.13 Å². The average Bonchev–Trinajstić information content (AvgIpc) is 3.05. The monoisotopic (exact) mass is 380 g/mol. The van der Waals surface area contributed by atoms with E-state index >= 15 is 0 Å². The van der Waals surface area contributed by atoms with Crippen LogP contribution in [0.5, 0.6) is 0 Å². The Balaban J connectivity index is 0.00000132. The van der Waals surface area contributed by atoms with Crippen molar-refractivity contribution in [3.63, 3.8) is 0 Å². The summed E-state index contributed by atoms with van der Waals surface area (Å²) in [6.45, 7) is 4.45. The van der Waals surface area contributed by atoms with Gasteiger partial charge in [0.2, 0.25) is 11.8 Å². The highest BCUT2D eigenvalue weighted by Crippen LogP contribution is 2.25. The third-order valence-electron chi connectivity index (χ3n) is 4.41. The van der Waals surface area contributed by atoms with Crippen LogP contribution in [0.2, 0.25) is 0 Å². The van der Waals surface area contributed by atoms with Crippen molar-refractivity contribution in [2.45, 2.75) is 25.8 Å². The fourth-order valence-corrected chi connectivity index (χ4v) is 3.44. The second-order valence-corrected chi connectivity index (χ2v) is 6.62. The first kappa shape index (κ1) is 20.2. The maximum atomic E-state index is 12.6. The number of halogens is 2. The summed E-state index contributed by atoms with van der Waals surface area (Å²) >= 11 is 1.39. The van der Waals surface area contributed by atoms with Crippen LogP contribution in [0, 0.1) is 11.8 Å². The molecule has 3 rings (SSSR count). The van der Waals surface area contributed by atoms with E-state index in [1.54, 1.807) is 11.1 Å². The van der Waals surface area contributed by atoms with Crippen LogP contribution >= 0.6 is 36.2 Å². The third-order valence-corrected chi connectivity index (χ3v) is 5.10. The Hall–Kier alpha value is -0.890. The molecule has 0 radical (unpaired) electrons. The molecule has 0 bridgehead atoms. The number of carbonyl (C=O) groups excluding carboxylic acids is 2. The number of nitrogens with zero attached hydrogens (tertiary/aromatic N) is 2. The van der Waals surface area contributed by atoms with Crippen molar-refractivity contribution in [1.29, 1.82) is 0 Å². The van der Waals surface area contributed by atoms with E-state index in [4.69, 9.17) is 0 Å². The molecule has 9 heteroatoms. The number of rotatable bonds is 4. The lowest BCUT2D eigenvalue weighted by molar-refractivity contribution is -0.141. The van der Waals surface area contributed by atoms with E-state index in [1.165, 1.54) is 11.3 Å². The highest BCUT2D eigenvalue weighted by Gasteiger charge is 2.39. The molecule has 0 spiro atoms. The zero-order valence-corrected chi connectivity index (χ0v) is 15.3. The molecule has 0 aromatic carbocycles. The molecule has 3 heterocycles. The number of thiazole rings is 1. The molecule has 2 amide bonds. The third kappa shape index (κ3) is 4.35. The topological polar surface area (TPSA) is 74.3 Å². The van der Waals surface area contributed by atoms with Gasteiger partial charge in [0.1, 0.15) is 6.04 Å². The van der Waals surface area contributed by atoms with Crippen LogP contribution in [0.3, 0.4) is 0 Å². The minimum absolute atomic E-state index is 0. The van der Waals surface area contributed by atoms with Crippen LogP contribution in [-0.2, 0) is 9.59 Å². The van der Waals surface area contributed by atoms with Crippen molar-refractivity contribution in [1.82, 2.24) is 15.2 Å². The zero-order chi connectivity index (χ0) is 14.8. The fourth-order valence-electron chi connectivity index (χ4n) is 2.90. The molecule has 1 aromatic rings. The van der Waals surface area contributed by atoms with Crippen molar-refractivity contribution in [3.05, 3.63) is 11.6 Å². The van der Waals surface area contributed by atoms with Gasteiger partial charge in [0, 0.05) is 24.0 Å². The quantitative estimate of drug-likeness (QED) is 0.834. The van der Waals surface area contributed by atoms with Crippen LogP contribution in [0.25, 0.3) is 0 Å². The molecule has 2 aliphatic rings. The largest absolute Gasteiger partial charge is 0.330 e. The molecular formula is C14H22Cl2N4O2S. The van der Waals surface area contributed by atoms with Crippen molar-refractivity contribution >= 4 is 53.1 Å². The van der Waals surface area contributed by atoms with Crippen LogP contribution in [0.4, 0.5) is 5.13 Å². The lowest BCUT2D eigenvalue weighted by Gasteiger charge is -2.35. The maximum Gasteiger partial charge on any atom is 0.248 e. The number of nitrogens with one attached hydrogen (secondary N) is 2. The molecule has 2 N–H and O–H groups in total. The Labute approximate surface area is 152 Å². The summed E-state index contributed by atoms with van der Waals surface area (Å²) in [5, 5.41) is 8.41. The summed E-state index contributed by atoms with van der Waals surface area (Å²) in [7, 11) is 0. The minimum Gasteiger partial charge on any atom is -0.330 e. The van der Waals surface area contributed by atoms with Gasteiger partial charge >= 0.3 is 0 Å². The number of aromatic nitrogens is 1. The number of hydrogen-bond donors (Lipinski definition) is 2. The lowest BCUT2D eigenvalue weighted by Crippen LogP contribution is -2.52. The van der Waals surface area contributed by atoms with E-state index in [9.17, 15) is 9.59 Å². The number of amides is 2. The molecule has 2 aliphatic heterocycles. The number of carbonyl (C=O) groups is 2. The van der Waals surface area contributed by atoms with E-state index in [0.29, 0.717) is 17.6 Å². The summed E-state index contributed by atoms with van der Waals surface area (Å²) in [5.74, 6) is 0.383. The van der Waals surface area contributed by atoms with E-state index in [2.05, 4.69) is 15.6 Å². The Morgan fingerprint density at radius 3 is 2.74 bits per heavy atom. The lowest BCUT2D eigenvalue weighted by atomic mass is 9.88. The second-order valence-electron chi connectivity index (χ2n) is 5.72. The normalized spacial score (nSPS) is 21.6. The Morgan fingerprint density at radius 2 is 2.17 bits per heavy atom. The Bertz CT molecular complexity index is 525. The first-order chi connectivity index (χ1) is 10.2. The SMILES string of the molecule is CC(C(=O)N1CCCC1C(=O)Nc1nccs1)C1CNC1.Cl.Cl. The second kappa shape index (κ2) is 8.82. The molecule has 0 saturated carbocycles. The summed E-state index contributed by atoms with van der Waals surface area (Å²) in [6.07, 6.45) is 3.28. The predicted molar refractivity (Wildman–Crippen MR) is 95.5 cm³/mol. The fraction of sp³-hybridized carbons (Fsp3) is 0.643. The highest BCUT2D eigenvalue weighted by atomic mass is 35.5. The van der Waals surface area contributed by atoms with Gasteiger partial charge in [0.05, 0.1) is 0 Å². The van der Waals surface area contributed by atoms with Crippen molar-refractivity contribution in [3.8, 4) is 0 Å². The first-order valence-electron chi connectivity index (χ1n) is 7.38. The van der Waals surface area contributed by atoms with E-state index < -0.39 is 0 Å². The number of likely N-dealkylation sites (tertiary alicyclic amines) is 1. The van der Waals surface area contributed by atoms with Gasteiger partial charge < -0.3 is 15.5 Å². The Kier molecular flexibility index (Phi) is 7.73. The summed E-state index contributed by atoms with van der Waals surface area (Å²) in [4.78, 5) is 30.8. The van der Waals surface area contributed by atoms with Gasteiger partial charge in [-0.3, -0.25) is 9.59 Å². The highest BCUT2D eigenvalue weighted by molar-refractivity contribution is 7.13. The standard InChI is InChI=1S/C14H20N4O2S.2ClH/c1-9(10-7-15-8-10)13(20)18-5-2-3-11(18)12(19)17-14-16-4-6-21-14;;/h4,6,9-11,15H,2-3,5,7-8H2,1H3,(H,16,17,19);2*1H.